The van der Waals surface area contributed by atoms with Gasteiger partial charge in [-0.2, -0.15) is 0 Å². The van der Waals surface area contributed by atoms with Crippen molar-refractivity contribution in [3.05, 3.63) is 5.69 Å². The maximum Gasteiger partial charge on any atom is 0.117 e. The number of aromatic nitrogens is 2. The summed E-state index contributed by atoms with van der Waals surface area (Å²) in [5.41, 5.74) is 0.848. The Hall–Kier alpha value is 0.120. The van der Waals surface area contributed by atoms with Crippen molar-refractivity contribution >= 4 is 35.7 Å². The van der Waals surface area contributed by atoms with Crippen LogP contribution in [0.25, 0.3) is 0 Å². The second kappa shape index (κ2) is 7.52. The first-order valence-corrected chi connectivity index (χ1v) is 5.40. The molecule has 2 N–H and O–H groups in total. The first kappa shape index (κ1) is 13.1. The highest BCUT2D eigenvalue weighted by Crippen LogP contribution is 2.25. The maximum atomic E-state index is 4.94. The van der Waals surface area contributed by atoms with E-state index in [1.54, 1.807) is 11.8 Å². The van der Waals surface area contributed by atoms with Crippen LogP contribution in [0.2, 0.25) is 0 Å². The highest BCUT2D eigenvalue weighted by molar-refractivity contribution is 8.01. The zero-order chi connectivity index (χ0) is 8.81. The van der Waals surface area contributed by atoms with Gasteiger partial charge in [-0.1, -0.05) is 11.4 Å². The molecular formula is C6H12ClN3OS2. The molecule has 0 aliphatic rings. The number of nitrogens with zero attached hydrogens (tertiary/aromatic N) is 2. The summed E-state index contributed by atoms with van der Waals surface area (Å²) in [4.78, 5) is 4.50. The number of hydrogen-bond donors (Lipinski definition) is 1. The molecule has 0 bridgehead atoms. The van der Waals surface area contributed by atoms with Gasteiger partial charge in [-0.3, -0.25) is 4.84 Å². The van der Waals surface area contributed by atoms with Crippen molar-refractivity contribution in [2.45, 2.75) is 24.2 Å². The quantitative estimate of drug-likeness (QED) is 0.630. The minimum atomic E-state index is 0. The Kier molecular flexibility index (Phi) is 7.59. The third kappa shape index (κ3) is 4.24. The lowest BCUT2D eigenvalue weighted by atomic mass is 10.5. The van der Waals surface area contributed by atoms with E-state index in [2.05, 4.69) is 21.3 Å². The molecule has 0 radical (unpaired) electrons. The fourth-order valence-corrected chi connectivity index (χ4v) is 2.31. The summed E-state index contributed by atoms with van der Waals surface area (Å²) in [6.07, 6.45) is 1.14. The fourth-order valence-electron chi connectivity index (χ4n) is 0.671. The smallest absolute Gasteiger partial charge is 0.117 e. The summed E-state index contributed by atoms with van der Waals surface area (Å²) in [5.74, 6) is 6.03. The minimum absolute atomic E-state index is 0. The molecule has 7 heteroatoms. The molecule has 0 fully saturated rings. The fraction of sp³-hybridized carbons (Fsp3) is 0.667. The van der Waals surface area contributed by atoms with Crippen LogP contribution in [-0.2, 0) is 11.4 Å². The predicted octanol–water partition coefficient (Wildman–Crippen LogP) is 1.85. The number of rotatable bonds is 5. The summed E-state index contributed by atoms with van der Waals surface area (Å²) < 4.78 is 4.94. The average Bonchev–Trinajstić information content (AvgIpc) is 2.50. The second-order valence-electron chi connectivity index (χ2n) is 2.17. The van der Waals surface area contributed by atoms with E-state index in [1.807, 2.05) is 0 Å². The summed E-state index contributed by atoms with van der Waals surface area (Å²) >= 11 is 3.15. The van der Waals surface area contributed by atoms with Gasteiger partial charge < -0.3 is 0 Å². The summed E-state index contributed by atoms with van der Waals surface area (Å²) in [6, 6.07) is 0. The second-order valence-corrected chi connectivity index (χ2v) is 4.28. The number of hydrogen-bond acceptors (Lipinski definition) is 6. The van der Waals surface area contributed by atoms with Crippen molar-refractivity contribution < 1.29 is 4.84 Å². The standard InChI is InChI=1S/C6H11N3OS2.ClH/c1-2-3-11-6-5(4-10-7)8-9-12-6;/h2-4,7H2,1H3;1H. The van der Waals surface area contributed by atoms with Crippen molar-refractivity contribution in [1.82, 2.24) is 9.59 Å². The van der Waals surface area contributed by atoms with Gasteiger partial charge in [0.05, 0.1) is 0 Å². The van der Waals surface area contributed by atoms with Gasteiger partial charge in [-0.05, 0) is 23.7 Å². The number of nitrogens with two attached hydrogens (primary N) is 1. The van der Waals surface area contributed by atoms with E-state index in [4.69, 9.17) is 5.90 Å². The monoisotopic (exact) mass is 241 g/mol. The van der Waals surface area contributed by atoms with Crippen molar-refractivity contribution in [2.24, 2.45) is 5.90 Å². The van der Waals surface area contributed by atoms with Crippen molar-refractivity contribution in [3.8, 4) is 0 Å². The maximum absolute atomic E-state index is 4.94. The highest BCUT2D eigenvalue weighted by atomic mass is 35.5. The lowest BCUT2D eigenvalue weighted by Gasteiger charge is -1.96. The van der Waals surface area contributed by atoms with Gasteiger partial charge in [-0.15, -0.1) is 29.3 Å². The molecule has 0 aromatic carbocycles. The van der Waals surface area contributed by atoms with E-state index in [0.717, 1.165) is 22.1 Å². The van der Waals surface area contributed by atoms with Crippen LogP contribution in [0.4, 0.5) is 0 Å². The van der Waals surface area contributed by atoms with Gasteiger partial charge in [0.2, 0.25) is 0 Å². The molecule has 1 rings (SSSR count). The van der Waals surface area contributed by atoms with Gasteiger partial charge in [0, 0.05) is 0 Å². The molecule has 0 atom stereocenters. The van der Waals surface area contributed by atoms with Crippen LogP contribution < -0.4 is 5.90 Å². The molecule has 4 nitrogen and oxygen atoms in total. The summed E-state index contributed by atoms with van der Waals surface area (Å²) in [7, 11) is 0. The number of halogens is 1. The van der Waals surface area contributed by atoms with Crippen LogP contribution in [-0.4, -0.2) is 15.3 Å². The molecule has 0 aliphatic carbocycles. The molecule has 1 aromatic heterocycles. The molecule has 0 aliphatic heterocycles. The molecule has 0 saturated carbocycles. The zero-order valence-corrected chi connectivity index (χ0v) is 9.68. The molecule has 0 amide bonds. The Bertz CT molecular complexity index is 233. The van der Waals surface area contributed by atoms with Crippen molar-refractivity contribution in [3.63, 3.8) is 0 Å². The molecule has 0 saturated heterocycles. The minimum Gasteiger partial charge on any atom is -0.298 e. The van der Waals surface area contributed by atoms with Gasteiger partial charge in [-0.25, -0.2) is 5.90 Å². The van der Waals surface area contributed by atoms with E-state index in [0.29, 0.717) is 6.61 Å². The van der Waals surface area contributed by atoms with E-state index in [1.165, 1.54) is 11.5 Å². The van der Waals surface area contributed by atoms with E-state index >= 15 is 0 Å². The first-order valence-electron chi connectivity index (χ1n) is 3.64. The Balaban J connectivity index is 0.00000144. The van der Waals surface area contributed by atoms with Crippen LogP contribution in [0, 0.1) is 0 Å². The highest BCUT2D eigenvalue weighted by Gasteiger charge is 2.07. The Labute approximate surface area is 91.8 Å². The van der Waals surface area contributed by atoms with Crippen LogP contribution in [0.3, 0.4) is 0 Å². The van der Waals surface area contributed by atoms with Crippen LogP contribution in [0.15, 0.2) is 4.21 Å². The Morgan fingerprint density at radius 3 is 3.00 bits per heavy atom. The largest absolute Gasteiger partial charge is 0.298 e. The third-order valence-electron chi connectivity index (χ3n) is 1.18. The van der Waals surface area contributed by atoms with E-state index in [-0.39, 0.29) is 12.4 Å². The SMILES string of the molecule is CCCSc1snnc1CON.Cl. The zero-order valence-electron chi connectivity index (χ0n) is 7.23. The van der Waals surface area contributed by atoms with Gasteiger partial charge >= 0.3 is 0 Å². The Morgan fingerprint density at radius 2 is 2.38 bits per heavy atom. The summed E-state index contributed by atoms with van der Waals surface area (Å²) in [5, 5.41) is 3.90. The topological polar surface area (TPSA) is 61.0 Å². The third-order valence-corrected chi connectivity index (χ3v) is 3.43. The Morgan fingerprint density at radius 1 is 1.62 bits per heavy atom. The molecule has 76 valence electrons. The molecule has 0 unspecified atom stereocenters. The van der Waals surface area contributed by atoms with Crippen molar-refractivity contribution in [1.29, 1.82) is 0 Å². The molecule has 13 heavy (non-hydrogen) atoms. The average molecular weight is 242 g/mol. The summed E-state index contributed by atoms with van der Waals surface area (Å²) in [6.45, 7) is 2.49. The van der Waals surface area contributed by atoms with Crippen LogP contribution in [0.1, 0.15) is 19.0 Å². The first-order chi connectivity index (χ1) is 5.88. The van der Waals surface area contributed by atoms with E-state index in [9.17, 15) is 0 Å². The van der Waals surface area contributed by atoms with Gasteiger partial charge in [0.1, 0.15) is 16.5 Å². The molecule has 0 spiro atoms. The van der Waals surface area contributed by atoms with Crippen molar-refractivity contribution in [2.75, 3.05) is 5.75 Å². The molecular weight excluding hydrogens is 230 g/mol. The predicted molar refractivity (Wildman–Crippen MR) is 57.1 cm³/mol. The van der Waals surface area contributed by atoms with Crippen LogP contribution in [0.5, 0.6) is 0 Å². The van der Waals surface area contributed by atoms with Gasteiger partial charge in [0.15, 0.2) is 0 Å². The van der Waals surface area contributed by atoms with Gasteiger partial charge in [0.25, 0.3) is 0 Å². The normalized spacial score (nSPS) is 9.69. The lowest BCUT2D eigenvalue weighted by molar-refractivity contribution is 0.120. The van der Waals surface area contributed by atoms with Crippen LogP contribution >= 0.6 is 35.7 Å². The lowest BCUT2D eigenvalue weighted by Crippen LogP contribution is -2.00. The van der Waals surface area contributed by atoms with E-state index < -0.39 is 0 Å². The molecule has 1 heterocycles. The molecule has 1 aromatic rings. The number of thioether (sulfide) groups is 1.